The summed E-state index contributed by atoms with van der Waals surface area (Å²) in [6, 6.07) is 6.35. The van der Waals surface area contributed by atoms with Crippen molar-refractivity contribution < 1.29 is 4.79 Å². The van der Waals surface area contributed by atoms with Gasteiger partial charge in [0.25, 0.3) is 5.91 Å². The molecule has 0 aromatic carbocycles. The highest BCUT2D eigenvalue weighted by Crippen LogP contribution is 2.28. The molecule has 2 aliphatic heterocycles. The number of pyridine rings is 1. The molecule has 2 saturated heterocycles. The molecule has 0 spiro atoms. The molecule has 0 radical (unpaired) electrons. The van der Waals surface area contributed by atoms with E-state index in [1.807, 2.05) is 19.1 Å². The Kier molecular flexibility index (Phi) is 3.87. The minimum absolute atomic E-state index is 0.0523. The van der Waals surface area contributed by atoms with Crippen molar-refractivity contribution in [2.45, 2.75) is 38.3 Å². The number of carbonyl (C=O) groups excluding carboxylic acids is 1. The first-order valence-corrected chi connectivity index (χ1v) is 7.54. The second-order valence-electron chi connectivity index (χ2n) is 5.55. The average molecular weight is 274 g/mol. The van der Waals surface area contributed by atoms with Gasteiger partial charge in [-0.3, -0.25) is 9.69 Å². The van der Waals surface area contributed by atoms with Gasteiger partial charge in [0, 0.05) is 25.2 Å². The SMILES string of the molecule is CCNc1cccc(C(=O)NC2CCN3CCCC23)n1. The van der Waals surface area contributed by atoms with Crippen molar-refractivity contribution in [3.8, 4) is 0 Å². The van der Waals surface area contributed by atoms with Gasteiger partial charge in [0.1, 0.15) is 11.5 Å². The Balaban J connectivity index is 1.65. The zero-order chi connectivity index (χ0) is 13.9. The van der Waals surface area contributed by atoms with Crippen LogP contribution < -0.4 is 10.6 Å². The Morgan fingerprint density at radius 2 is 2.30 bits per heavy atom. The van der Waals surface area contributed by atoms with Gasteiger partial charge in [-0.15, -0.1) is 0 Å². The van der Waals surface area contributed by atoms with E-state index in [9.17, 15) is 4.79 Å². The summed E-state index contributed by atoms with van der Waals surface area (Å²) in [4.78, 5) is 19.2. The minimum Gasteiger partial charge on any atom is -0.370 e. The molecule has 5 nitrogen and oxygen atoms in total. The molecule has 0 aliphatic carbocycles. The van der Waals surface area contributed by atoms with Gasteiger partial charge in [0.2, 0.25) is 0 Å². The second-order valence-corrected chi connectivity index (χ2v) is 5.55. The number of nitrogens with one attached hydrogen (secondary N) is 2. The molecule has 1 aromatic heterocycles. The van der Waals surface area contributed by atoms with Crippen molar-refractivity contribution in [3.05, 3.63) is 23.9 Å². The van der Waals surface area contributed by atoms with E-state index in [0.29, 0.717) is 11.7 Å². The fraction of sp³-hybridized carbons (Fsp3) is 0.600. The summed E-state index contributed by atoms with van der Waals surface area (Å²) in [7, 11) is 0. The number of hydrogen-bond donors (Lipinski definition) is 2. The first-order chi connectivity index (χ1) is 9.78. The van der Waals surface area contributed by atoms with Gasteiger partial charge in [-0.05, 0) is 44.9 Å². The highest BCUT2D eigenvalue weighted by atomic mass is 16.2. The van der Waals surface area contributed by atoms with E-state index in [4.69, 9.17) is 0 Å². The highest BCUT2D eigenvalue weighted by molar-refractivity contribution is 5.92. The van der Waals surface area contributed by atoms with Crippen LogP contribution in [0.25, 0.3) is 0 Å². The van der Waals surface area contributed by atoms with Gasteiger partial charge in [-0.2, -0.15) is 0 Å². The molecule has 3 heterocycles. The van der Waals surface area contributed by atoms with E-state index in [1.54, 1.807) is 6.07 Å². The highest BCUT2D eigenvalue weighted by Gasteiger charge is 2.37. The van der Waals surface area contributed by atoms with Crippen LogP contribution in [0, 0.1) is 0 Å². The van der Waals surface area contributed by atoms with E-state index >= 15 is 0 Å². The Morgan fingerprint density at radius 1 is 1.40 bits per heavy atom. The van der Waals surface area contributed by atoms with Crippen LogP contribution in [0.15, 0.2) is 18.2 Å². The van der Waals surface area contributed by atoms with Gasteiger partial charge in [-0.25, -0.2) is 4.98 Å². The fourth-order valence-electron chi connectivity index (χ4n) is 3.33. The van der Waals surface area contributed by atoms with Crippen LogP contribution in [-0.2, 0) is 0 Å². The van der Waals surface area contributed by atoms with Crippen LogP contribution >= 0.6 is 0 Å². The summed E-state index contributed by atoms with van der Waals surface area (Å²) >= 11 is 0. The predicted molar refractivity (Wildman–Crippen MR) is 78.9 cm³/mol. The number of hydrogen-bond acceptors (Lipinski definition) is 4. The van der Waals surface area contributed by atoms with Crippen molar-refractivity contribution >= 4 is 11.7 Å². The molecule has 1 amide bonds. The van der Waals surface area contributed by atoms with Crippen molar-refractivity contribution in [2.75, 3.05) is 25.0 Å². The van der Waals surface area contributed by atoms with Crippen molar-refractivity contribution in [1.29, 1.82) is 0 Å². The van der Waals surface area contributed by atoms with Gasteiger partial charge in [-0.1, -0.05) is 6.07 Å². The van der Waals surface area contributed by atoms with Gasteiger partial charge < -0.3 is 10.6 Å². The van der Waals surface area contributed by atoms with Crippen LogP contribution in [0.2, 0.25) is 0 Å². The van der Waals surface area contributed by atoms with Gasteiger partial charge in [0.05, 0.1) is 0 Å². The van der Waals surface area contributed by atoms with Crippen LogP contribution in [0.5, 0.6) is 0 Å². The van der Waals surface area contributed by atoms with Crippen molar-refractivity contribution in [3.63, 3.8) is 0 Å². The molecule has 2 unspecified atom stereocenters. The molecule has 2 atom stereocenters. The lowest BCUT2D eigenvalue weighted by atomic mass is 10.1. The zero-order valence-corrected chi connectivity index (χ0v) is 11.9. The third-order valence-electron chi connectivity index (χ3n) is 4.26. The molecule has 0 bridgehead atoms. The first kappa shape index (κ1) is 13.4. The molecule has 2 N–H and O–H groups in total. The molecule has 20 heavy (non-hydrogen) atoms. The maximum atomic E-state index is 12.3. The summed E-state index contributed by atoms with van der Waals surface area (Å²) in [5.41, 5.74) is 0.500. The Hall–Kier alpha value is -1.62. The van der Waals surface area contributed by atoms with Crippen LogP contribution in [0.1, 0.15) is 36.7 Å². The standard InChI is InChI=1S/C15H22N4O/c1-2-16-14-7-3-5-12(17-14)15(20)18-11-8-10-19-9-4-6-13(11)19/h3,5,7,11,13H,2,4,6,8-10H2,1H3,(H,16,17)(H,18,20). The van der Waals surface area contributed by atoms with Crippen molar-refractivity contribution in [1.82, 2.24) is 15.2 Å². The van der Waals surface area contributed by atoms with Crippen LogP contribution in [0.4, 0.5) is 5.82 Å². The molecule has 3 rings (SSSR count). The summed E-state index contributed by atoms with van der Waals surface area (Å²) in [6.45, 7) is 5.12. The molecular formula is C15H22N4O. The lowest BCUT2D eigenvalue weighted by Crippen LogP contribution is -2.42. The summed E-state index contributed by atoms with van der Waals surface area (Å²) in [5, 5.41) is 6.30. The number of fused-ring (bicyclic) bond motifs is 1. The van der Waals surface area contributed by atoms with Gasteiger partial charge >= 0.3 is 0 Å². The first-order valence-electron chi connectivity index (χ1n) is 7.54. The predicted octanol–water partition coefficient (Wildman–Crippen LogP) is 1.48. The normalized spacial score (nSPS) is 25.4. The number of amides is 1. The fourth-order valence-corrected chi connectivity index (χ4v) is 3.33. The molecule has 0 saturated carbocycles. The van der Waals surface area contributed by atoms with Crippen LogP contribution in [-0.4, -0.2) is 47.5 Å². The maximum absolute atomic E-state index is 12.3. The second kappa shape index (κ2) is 5.79. The molecule has 1 aromatic rings. The number of rotatable bonds is 4. The summed E-state index contributed by atoms with van der Waals surface area (Å²) in [5.74, 6) is 0.706. The largest absolute Gasteiger partial charge is 0.370 e. The number of anilines is 1. The summed E-state index contributed by atoms with van der Waals surface area (Å²) in [6.07, 6.45) is 3.52. The van der Waals surface area contributed by atoms with E-state index < -0.39 is 0 Å². The molecule has 5 heteroatoms. The third-order valence-corrected chi connectivity index (χ3v) is 4.26. The Labute approximate surface area is 119 Å². The topological polar surface area (TPSA) is 57.3 Å². The number of carbonyl (C=O) groups is 1. The quantitative estimate of drug-likeness (QED) is 0.873. The molecule has 108 valence electrons. The number of aromatic nitrogens is 1. The third kappa shape index (κ3) is 2.63. The molecular weight excluding hydrogens is 252 g/mol. The average Bonchev–Trinajstić information content (AvgIpc) is 3.04. The Bertz CT molecular complexity index is 491. The number of nitrogens with zero attached hydrogens (tertiary/aromatic N) is 2. The smallest absolute Gasteiger partial charge is 0.270 e. The van der Waals surface area contributed by atoms with Gasteiger partial charge in [0.15, 0.2) is 0 Å². The zero-order valence-electron chi connectivity index (χ0n) is 11.9. The molecule has 2 fully saturated rings. The lowest BCUT2D eigenvalue weighted by Gasteiger charge is -2.21. The van der Waals surface area contributed by atoms with E-state index in [2.05, 4.69) is 20.5 Å². The van der Waals surface area contributed by atoms with E-state index in [1.165, 1.54) is 19.4 Å². The Morgan fingerprint density at radius 3 is 3.15 bits per heavy atom. The van der Waals surface area contributed by atoms with Crippen molar-refractivity contribution in [2.24, 2.45) is 0 Å². The lowest BCUT2D eigenvalue weighted by molar-refractivity contribution is 0.0924. The maximum Gasteiger partial charge on any atom is 0.270 e. The molecule has 2 aliphatic rings. The summed E-state index contributed by atoms with van der Waals surface area (Å²) < 4.78 is 0. The van der Waals surface area contributed by atoms with E-state index in [-0.39, 0.29) is 11.9 Å². The van der Waals surface area contributed by atoms with E-state index in [0.717, 1.165) is 25.3 Å². The van der Waals surface area contributed by atoms with Crippen LogP contribution in [0.3, 0.4) is 0 Å². The monoisotopic (exact) mass is 274 g/mol. The minimum atomic E-state index is -0.0523.